The Morgan fingerprint density at radius 3 is 2.22 bits per heavy atom. The van der Waals surface area contributed by atoms with Crippen LogP contribution >= 0.6 is 7.82 Å². The lowest BCUT2D eigenvalue weighted by Gasteiger charge is -2.40. The fourth-order valence-corrected chi connectivity index (χ4v) is 2.32. The van der Waals surface area contributed by atoms with E-state index in [-0.39, 0.29) is 11.5 Å². The van der Waals surface area contributed by atoms with Crippen LogP contribution in [0.3, 0.4) is 0 Å². The predicted molar refractivity (Wildman–Crippen MR) is 73.4 cm³/mol. The number of phosphoric acid groups is 1. The molecular formula is C12H17O10P. The fraction of sp³-hybridized carbons (Fsp3) is 0.500. The molecule has 0 spiro atoms. The fourth-order valence-electron chi connectivity index (χ4n) is 1.98. The van der Waals surface area contributed by atoms with Gasteiger partial charge in [-0.2, -0.15) is 0 Å². The van der Waals surface area contributed by atoms with Crippen LogP contribution in [-0.2, 0) is 13.8 Å². The Morgan fingerprint density at radius 2 is 1.65 bits per heavy atom. The van der Waals surface area contributed by atoms with Crippen molar-refractivity contribution in [3.8, 4) is 11.5 Å². The number of benzene rings is 1. The molecule has 0 saturated carbocycles. The van der Waals surface area contributed by atoms with Crippen molar-refractivity contribution in [1.82, 2.24) is 0 Å². The lowest BCUT2D eigenvalue weighted by molar-refractivity contribution is -0.276. The maximum Gasteiger partial charge on any atom is 0.469 e. The number of rotatable bonds is 5. The SMILES string of the molecule is O=P(O)(O)OCC1OC(Oc2ccc(O)cc2)C(O)C(O)C1O. The summed E-state index contributed by atoms with van der Waals surface area (Å²) in [5, 5.41) is 38.6. The molecule has 1 aliphatic heterocycles. The Balaban J connectivity index is 2.06. The largest absolute Gasteiger partial charge is 0.508 e. The molecular weight excluding hydrogens is 335 g/mol. The summed E-state index contributed by atoms with van der Waals surface area (Å²) in [4.78, 5) is 17.3. The second-order valence-corrected chi connectivity index (χ2v) is 6.15. The van der Waals surface area contributed by atoms with Crippen LogP contribution in [0.5, 0.6) is 11.5 Å². The third kappa shape index (κ3) is 4.87. The van der Waals surface area contributed by atoms with Gasteiger partial charge in [-0.25, -0.2) is 4.57 Å². The third-order valence-electron chi connectivity index (χ3n) is 3.16. The molecule has 0 aliphatic carbocycles. The quantitative estimate of drug-likeness (QED) is 0.350. The number of hydrogen-bond donors (Lipinski definition) is 6. The zero-order valence-corrected chi connectivity index (χ0v) is 12.6. The second kappa shape index (κ2) is 7.12. The molecule has 5 unspecified atom stereocenters. The standard InChI is InChI=1S/C12H17O10P/c13-6-1-3-7(4-2-6)21-12-11(16)10(15)9(14)8(22-12)5-20-23(17,18)19/h1-4,8-16H,5H2,(H2,17,18,19). The van der Waals surface area contributed by atoms with Gasteiger partial charge in [-0.1, -0.05) is 0 Å². The molecule has 1 aliphatic rings. The molecule has 1 saturated heterocycles. The minimum atomic E-state index is -4.79. The number of phosphoric ester groups is 1. The molecule has 1 aromatic carbocycles. The monoisotopic (exact) mass is 352 g/mol. The summed E-state index contributed by atoms with van der Waals surface area (Å²) in [5.41, 5.74) is 0. The first-order chi connectivity index (χ1) is 10.7. The van der Waals surface area contributed by atoms with Gasteiger partial charge in [0.25, 0.3) is 0 Å². The molecule has 2 rings (SSSR count). The summed E-state index contributed by atoms with van der Waals surface area (Å²) >= 11 is 0. The molecule has 5 atom stereocenters. The van der Waals surface area contributed by atoms with Gasteiger partial charge in [0, 0.05) is 0 Å². The number of aromatic hydroxyl groups is 1. The molecule has 0 bridgehead atoms. The van der Waals surface area contributed by atoms with Crippen molar-refractivity contribution in [1.29, 1.82) is 0 Å². The van der Waals surface area contributed by atoms with Gasteiger partial charge in [-0.05, 0) is 24.3 Å². The zero-order chi connectivity index (χ0) is 17.2. The maximum atomic E-state index is 10.7. The predicted octanol–water partition coefficient (Wildman–Crippen LogP) is -1.31. The Kier molecular flexibility index (Phi) is 5.61. The molecule has 23 heavy (non-hydrogen) atoms. The molecule has 1 fully saturated rings. The van der Waals surface area contributed by atoms with E-state index in [1.807, 2.05) is 0 Å². The highest BCUT2D eigenvalue weighted by molar-refractivity contribution is 7.46. The number of aliphatic hydroxyl groups excluding tert-OH is 3. The number of phenols is 1. The van der Waals surface area contributed by atoms with Crippen LogP contribution in [0.15, 0.2) is 24.3 Å². The van der Waals surface area contributed by atoms with Crippen molar-refractivity contribution in [3.63, 3.8) is 0 Å². The molecule has 11 heteroatoms. The molecule has 6 N–H and O–H groups in total. The number of hydrogen-bond acceptors (Lipinski definition) is 8. The van der Waals surface area contributed by atoms with Gasteiger partial charge in [-0.15, -0.1) is 0 Å². The highest BCUT2D eigenvalue weighted by Crippen LogP contribution is 2.37. The lowest BCUT2D eigenvalue weighted by atomic mass is 9.99. The first kappa shape index (κ1) is 18.1. The molecule has 130 valence electrons. The minimum absolute atomic E-state index is 0.00848. The van der Waals surface area contributed by atoms with Crippen molar-refractivity contribution in [3.05, 3.63) is 24.3 Å². The van der Waals surface area contributed by atoms with E-state index in [4.69, 9.17) is 19.3 Å². The van der Waals surface area contributed by atoms with Crippen LogP contribution in [0.4, 0.5) is 0 Å². The second-order valence-electron chi connectivity index (χ2n) is 4.91. The van der Waals surface area contributed by atoms with E-state index >= 15 is 0 Å². The Bertz CT molecular complexity index is 557. The minimum Gasteiger partial charge on any atom is -0.508 e. The van der Waals surface area contributed by atoms with Crippen LogP contribution in [0, 0.1) is 0 Å². The molecule has 0 aromatic heterocycles. The maximum absolute atomic E-state index is 10.7. The number of phenolic OH excluding ortho intramolecular Hbond substituents is 1. The van der Waals surface area contributed by atoms with Crippen molar-refractivity contribution in [2.24, 2.45) is 0 Å². The lowest BCUT2D eigenvalue weighted by Crippen LogP contribution is -2.60. The molecule has 0 amide bonds. The Hall–Kier alpha value is -1.23. The Labute approximate surface area is 130 Å². The normalized spacial score (nSPS) is 31.8. The van der Waals surface area contributed by atoms with Gasteiger partial charge in [0.15, 0.2) is 0 Å². The van der Waals surface area contributed by atoms with Crippen LogP contribution in [-0.4, -0.2) is 67.5 Å². The van der Waals surface area contributed by atoms with E-state index in [2.05, 4.69) is 4.52 Å². The summed E-state index contributed by atoms with van der Waals surface area (Å²) in [6.07, 6.45) is -7.65. The highest BCUT2D eigenvalue weighted by atomic mass is 31.2. The molecule has 1 heterocycles. The van der Waals surface area contributed by atoms with Gasteiger partial charge in [-0.3, -0.25) is 4.52 Å². The first-order valence-corrected chi connectivity index (χ1v) is 8.06. The van der Waals surface area contributed by atoms with E-state index < -0.39 is 45.1 Å². The van der Waals surface area contributed by atoms with E-state index in [1.54, 1.807) is 0 Å². The van der Waals surface area contributed by atoms with Crippen molar-refractivity contribution >= 4 is 7.82 Å². The number of ether oxygens (including phenoxy) is 2. The van der Waals surface area contributed by atoms with Gasteiger partial charge in [0.2, 0.25) is 6.29 Å². The summed E-state index contributed by atoms with van der Waals surface area (Å²) in [5.74, 6) is 0.191. The van der Waals surface area contributed by atoms with E-state index in [0.717, 1.165) is 0 Å². The van der Waals surface area contributed by atoms with Crippen LogP contribution < -0.4 is 4.74 Å². The average Bonchev–Trinajstić information content (AvgIpc) is 2.48. The van der Waals surface area contributed by atoms with E-state index in [1.165, 1.54) is 24.3 Å². The Morgan fingerprint density at radius 1 is 1.04 bits per heavy atom. The van der Waals surface area contributed by atoms with Gasteiger partial charge < -0.3 is 39.7 Å². The molecule has 0 radical (unpaired) electrons. The van der Waals surface area contributed by atoms with Crippen LogP contribution in [0.1, 0.15) is 0 Å². The topological polar surface area (TPSA) is 166 Å². The summed E-state index contributed by atoms with van der Waals surface area (Å²) in [6.45, 7) is -0.718. The molecule has 10 nitrogen and oxygen atoms in total. The summed E-state index contributed by atoms with van der Waals surface area (Å²) < 4.78 is 25.4. The average molecular weight is 352 g/mol. The smallest absolute Gasteiger partial charge is 0.469 e. The van der Waals surface area contributed by atoms with Gasteiger partial charge in [0.05, 0.1) is 6.61 Å². The van der Waals surface area contributed by atoms with Crippen molar-refractivity contribution in [2.45, 2.75) is 30.7 Å². The van der Waals surface area contributed by atoms with Gasteiger partial charge in [0.1, 0.15) is 35.9 Å². The summed E-state index contributed by atoms with van der Waals surface area (Å²) in [6, 6.07) is 5.41. The van der Waals surface area contributed by atoms with E-state index in [0.29, 0.717) is 0 Å². The van der Waals surface area contributed by atoms with E-state index in [9.17, 15) is 25.0 Å². The number of aliphatic hydroxyl groups is 3. The molecule has 1 aromatic rings. The van der Waals surface area contributed by atoms with Crippen molar-refractivity contribution in [2.75, 3.05) is 6.61 Å². The van der Waals surface area contributed by atoms with Crippen LogP contribution in [0.2, 0.25) is 0 Å². The van der Waals surface area contributed by atoms with Gasteiger partial charge >= 0.3 is 7.82 Å². The zero-order valence-electron chi connectivity index (χ0n) is 11.7. The third-order valence-corrected chi connectivity index (χ3v) is 3.65. The summed E-state index contributed by atoms with van der Waals surface area (Å²) in [7, 11) is -4.79. The first-order valence-electron chi connectivity index (χ1n) is 6.53. The van der Waals surface area contributed by atoms with Crippen molar-refractivity contribution < 1.29 is 48.8 Å². The van der Waals surface area contributed by atoms with Crippen LogP contribution in [0.25, 0.3) is 0 Å². The highest BCUT2D eigenvalue weighted by Gasteiger charge is 2.45.